The maximum atomic E-state index is 12.0. The highest BCUT2D eigenvalue weighted by Gasteiger charge is 2.59. The maximum absolute atomic E-state index is 12.0. The molecule has 0 radical (unpaired) electrons. The van der Waals surface area contributed by atoms with Crippen molar-refractivity contribution in [3.63, 3.8) is 0 Å². The van der Waals surface area contributed by atoms with Crippen LogP contribution in [0.5, 0.6) is 0 Å². The van der Waals surface area contributed by atoms with Gasteiger partial charge in [0.2, 0.25) is 0 Å². The van der Waals surface area contributed by atoms with Crippen molar-refractivity contribution in [3.05, 3.63) is 0 Å². The van der Waals surface area contributed by atoms with Gasteiger partial charge < -0.3 is 18.9 Å². The lowest BCUT2D eigenvalue weighted by Gasteiger charge is -2.44. The molecular formula is C16H26O6. The van der Waals surface area contributed by atoms with Crippen molar-refractivity contribution in [2.45, 2.75) is 58.0 Å². The highest BCUT2D eigenvalue weighted by Crippen LogP contribution is 2.49. The lowest BCUT2D eigenvalue weighted by atomic mass is 9.73. The average molecular weight is 314 g/mol. The van der Waals surface area contributed by atoms with Crippen LogP contribution in [0.3, 0.4) is 0 Å². The number of carbonyl (C=O) groups excluding carboxylic acids is 2. The first-order valence-corrected chi connectivity index (χ1v) is 7.86. The van der Waals surface area contributed by atoms with Gasteiger partial charge in [0.05, 0.1) is 14.2 Å². The number of hydrogen-bond acceptors (Lipinski definition) is 6. The molecule has 4 atom stereocenters. The Morgan fingerprint density at radius 2 is 1.55 bits per heavy atom. The lowest BCUT2D eigenvalue weighted by molar-refractivity contribution is -0.245. The van der Waals surface area contributed by atoms with Gasteiger partial charge in [-0.2, -0.15) is 0 Å². The van der Waals surface area contributed by atoms with Crippen molar-refractivity contribution >= 4 is 11.9 Å². The van der Waals surface area contributed by atoms with Crippen molar-refractivity contribution in [3.8, 4) is 0 Å². The molecule has 1 saturated heterocycles. The van der Waals surface area contributed by atoms with Gasteiger partial charge in [-0.1, -0.05) is 27.2 Å². The fourth-order valence-corrected chi connectivity index (χ4v) is 3.69. The third-order valence-electron chi connectivity index (χ3n) is 4.77. The Morgan fingerprint density at radius 1 is 1.05 bits per heavy atom. The molecule has 0 aromatic heterocycles. The van der Waals surface area contributed by atoms with Crippen molar-refractivity contribution in [1.29, 1.82) is 0 Å². The zero-order valence-electron chi connectivity index (χ0n) is 14.0. The number of ether oxygens (including phenoxy) is 4. The van der Waals surface area contributed by atoms with Gasteiger partial charge in [0.15, 0.2) is 18.0 Å². The first kappa shape index (κ1) is 17.2. The van der Waals surface area contributed by atoms with E-state index in [1.165, 1.54) is 14.2 Å². The molecular weight excluding hydrogens is 288 g/mol. The minimum Gasteiger partial charge on any atom is -0.467 e. The van der Waals surface area contributed by atoms with Crippen LogP contribution < -0.4 is 0 Å². The topological polar surface area (TPSA) is 71.1 Å². The molecule has 1 aliphatic carbocycles. The molecule has 1 saturated carbocycles. The van der Waals surface area contributed by atoms with Crippen molar-refractivity contribution in [2.24, 2.45) is 17.8 Å². The molecule has 1 spiro atoms. The zero-order chi connectivity index (χ0) is 16.5. The van der Waals surface area contributed by atoms with E-state index in [0.29, 0.717) is 18.3 Å². The van der Waals surface area contributed by atoms with Crippen LogP contribution in [0, 0.1) is 17.8 Å². The average Bonchev–Trinajstić information content (AvgIpc) is 2.84. The Bertz CT molecular complexity index is 408. The van der Waals surface area contributed by atoms with Crippen LogP contribution >= 0.6 is 0 Å². The maximum Gasteiger partial charge on any atom is 0.338 e. The van der Waals surface area contributed by atoms with Gasteiger partial charge in [-0.25, -0.2) is 9.59 Å². The van der Waals surface area contributed by atoms with Gasteiger partial charge in [-0.05, 0) is 18.3 Å². The van der Waals surface area contributed by atoms with Crippen LogP contribution in [-0.4, -0.2) is 44.2 Å². The smallest absolute Gasteiger partial charge is 0.338 e. The van der Waals surface area contributed by atoms with Crippen LogP contribution in [-0.2, 0) is 28.5 Å². The Morgan fingerprint density at radius 3 is 1.95 bits per heavy atom. The quantitative estimate of drug-likeness (QED) is 0.741. The van der Waals surface area contributed by atoms with Gasteiger partial charge in [-0.15, -0.1) is 0 Å². The van der Waals surface area contributed by atoms with E-state index in [-0.39, 0.29) is 5.92 Å². The van der Waals surface area contributed by atoms with Crippen molar-refractivity contribution < 1.29 is 28.5 Å². The molecule has 4 unspecified atom stereocenters. The summed E-state index contributed by atoms with van der Waals surface area (Å²) in [5.41, 5.74) is 0. The largest absolute Gasteiger partial charge is 0.467 e. The molecule has 0 N–H and O–H groups in total. The highest BCUT2D eigenvalue weighted by molar-refractivity contribution is 5.86. The third kappa shape index (κ3) is 2.99. The van der Waals surface area contributed by atoms with Crippen molar-refractivity contribution in [1.82, 2.24) is 0 Å². The molecule has 1 heterocycles. The summed E-state index contributed by atoms with van der Waals surface area (Å²) in [5, 5.41) is 0. The first-order chi connectivity index (χ1) is 10.3. The predicted molar refractivity (Wildman–Crippen MR) is 77.9 cm³/mol. The summed E-state index contributed by atoms with van der Waals surface area (Å²) in [7, 11) is 2.54. The van der Waals surface area contributed by atoms with Crippen LogP contribution in [0.1, 0.15) is 40.0 Å². The van der Waals surface area contributed by atoms with Crippen LogP contribution in [0.4, 0.5) is 0 Å². The second-order valence-corrected chi connectivity index (χ2v) is 6.67. The fraction of sp³-hybridized carbons (Fsp3) is 0.875. The summed E-state index contributed by atoms with van der Waals surface area (Å²) >= 11 is 0. The molecule has 6 heteroatoms. The van der Waals surface area contributed by atoms with Crippen LogP contribution in [0.15, 0.2) is 0 Å². The van der Waals surface area contributed by atoms with Gasteiger partial charge in [0, 0.05) is 12.3 Å². The van der Waals surface area contributed by atoms with E-state index in [9.17, 15) is 9.59 Å². The molecule has 0 bridgehead atoms. The molecule has 0 amide bonds. The molecule has 1 aliphatic heterocycles. The Hall–Kier alpha value is -1.14. The SMILES string of the molecule is COC(=O)C1OC2(CC(C)CCC2C(C)C)OC1C(=O)OC. The number of methoxy groups -OCH3 is 2. The summed E-state index contributed by atoms with van der Waals surface area (Å²) in [5.74, 6) is -1.26. The van der Waals surface area contributed by atoms with Crippen molar-refractivity contribution in [2.75, 3.05) is 14.2 Å². The summed E-state index contributed by atoms with van der Waals surface area (Å²) in [4.78, 5) is 24.0. The van der Waals surface area contributed by atoms with Gasteiger partial charge in [0.25, 0.3) is 0 Å². The minimum atomic E-state index is -1.07. The Kier molecular flexibility index (Phi) is 5.12. The lowest BCUT2D eigenvalue weighted by Crippen LogP contribution is -2.47. The standard InChI is InChI=1S/C16H26O6/c1-9(2)11-7-6-10(3)8-16(11)21-12(14(17)19-4)13(22-16)15(18)20-5/h9-13H,6-8H2,1-5H3. The molecule has 0 aromatic carbocycles. The van der Waals surface area contributed by atoms with E-state index in [1.807, 2.05) is 0 Å². The van der Waals surface area contributed by atoms with E-state index in [4.69, 9.17) is 18.9 Å². The molecule has 2 fully saturated rings. The van der Waals surface area contributed by atoms with Crippen LogP contribution in [0.25, 0.3) is 0 Å². The third-order valence-corrected chi connectivity index (χ3v) is 4.77. The second-order valence-electron chi connectivity index (χ2n) is 6.67. The van der Waals surface area contributed by atoms with E-state index in [1.54, 1.807) is 0 Å². The first-order valence-electron chi connectivity index (χ1n) is 7.86. The van der Waals surface area contributed by atoms with Gasteiger partial charge in [-0.3, -0.25) is 0 Å². The molecule has 6 nitrogen and oxygen atoms in total. The number of carbonyl (C=O) groups is 2. The molecule has 0 aromatic rings. The summed E-state index contributed by atoms with van der Waals surface area (Å²) in [6, 6.07) is 0. The van der Waals surface area contributed by atoms with E-state index in [0.717, 1.165) is 12.8 Å². The summed E-state index contributed by atoms with van der Waals surface area (Å²) in [6.45, 7) is 6.34. The molecule has 126 valence electrons. The Balaban J connectivity index is 2.33. The fourth-order valence-electron chi connectivity index (χ4n) is 3.69. The Labute approximate surface area is 131 Å². The van der Waals surface area contributed by atoms with Crippen LogP contribution in [0.2, 0.25) is 0 Å². The van der Waals surface area contributed by atoms with Gasteiger partial charge >= 0.3 is 11.9 Å². The highest BCUT2D eigenvalue weighted by atomic mass is 16.8. The summed E-state index contributed by atoms with van der Waals surface area (Å²) in [6.07, 6.45) is 0.564. The normalized spacial score (nSPS) is 38.3. The molecule has 22 heavy (non-hydrogen) atoms. The minimum absolute atomic E-state index is 0.130. The monoisotopic (exact) mass is 314 g/mol. The molecule has 2 rings (SSSR count). The van der Waals surface area contributed by atoms with E-state index >= 15 is 0 Å². The van der Waals surface area contributed by atoms with E-state index < -0.39 is 29.9 Å². The van der Waals surface area contributed by atoms with Gasteiger partial charge in [0.1, 0.15) is 0 Å². The second kappa shape index (κ2) is 6.54. The van der Waals surface area contributed by atoms with E-state index in [2.05, 4.69) is 20.8 Å². The predicted octanol–water partition coefficient (Wildman–Crippen LogP) is 1.90. The zero-order valence-corrected chi connectivity index (χ0v) is 14.0. The number of esters is 2. The number of hydrogen-bond donors (Lipinski definition) is 0. The number of rotatable bonds is 3. The molecule has 2 aliphatic rings. The summed E-state index contributed by atoms with van der Waals surface area (Å²) < 4.78 is 21.6.